The second kappa shape index (κ2) is 4.78. The van der Waals surface area contributed by atoms with Crippen molar-refractivity contribution in [1.29, 1.82) is 0 Å². The van der Waals surface area contributed by atoms with Gasteiger partial charge in [0.25, 0.3) is 0 Å². The van der Waals surface area contributed by atoms with E-state index in [1.54, 1.807) is 24.4 Å². The van der Waals surface area contributed by atoms with Crippen molar-refractivity contribution in [2.75, 3.05) is 5.73 Å². The van der Waals surface area contributed by atoms with Gasteiger partial charge in [-0.1, -0.05) is 17.7 Å². The van der Waals surface area contributed by atoms with E-state index in [-0.39, 0.29) is 0 Å². The quantitative estimate of drug-likeness (QED) is 0.708. The Labute approximate surface area is 115 Å². The number of nitrogen functional groups attached to an aromatic ring is 1. The lowest BCUT2D eigenvalue weighted by Crippen LogP contribution is -1.92. The number of nitrogens with two attached hydrogens (primary N) is 1. The first kappa shape index (κ1) is 11.8. The van der Waals surface area contributed by atoms with Gasteiger partial charge in [-0.15, -0.1) is 0 Å². The van der Waals surface area contributed by atoms with E-state index in [9.17, 15) is 0 Å². The van der Waals surface area contributed by atoms with Gasteiger partial charge < -0.3 is 10.5 Å². The van der Waals surface area contributed by atoms with Crippen LogP contribution in [0.5, 0.6) is 11.5 Å². The van der Waals surface area contributed by atoms with Gasteiger partial charge in [0.05, 0.1) is 11.2 Å². The van der Waals surface area contributed by atoms with Crippen LogP contribution >= 0.6 is 11.6 Å². The Hall–Kier alpha value is -2.26. The van der Waals surface area contributed by atoms with Gasteiger partial charge in [0.2, 0.25) is 0 Å². The molecule has 2 N–H and O–H groups in total. The normalized spacial score (nSPS) is 10.6. The topological polar surface area (TPSA) is 48.1 Å². The molecule has 1 aromatic heterocycles. The van der Waals surface area contributed by atoms with Crippen molar-refractivity contribution in [2.45, 2.75) is 0 Å². The van der Waals surface area contributed by atoms with Gasteiger partial charge in [0, 0.05) is 22.7 Å². The smallest absolute Gasteiger partial charge is 0.151 e. The predicted molar refractivity (Wildman–Crippen MR) is 77.7 cm³/mol. The van der Waals surface area contributed by atoms with Crippen LogP contribution in [0.2, 0.25) is 5.02 Å². The second-order valence-corrected chi connectivity index (χ2v) is 4.55. The van der Waals surface area contributed by atoms with E-state index in [4.69, 9.17) is 22.1 Å². The first-order chi connectivity index (χ1) is 9.24. The van der Waals surface area contributed by atoms with Crippen LogP contribution in [-0.2, 0) is 0 Å². The summed E-state index contributed by atoms with van der Waals surface area (Å²) in [5.41, 5.74) is 7.30. The monoisotopic (exact) mass is 270 g/mol. The number of benzene rings is 2. The number of aromatic nitrogens is 1. The van der Waals surface area contributed by atoms with Crippen molar-refractivity contribution in [3.05, 3.63) is 59.8 Å². The molecule has 4 heteroatoms. The average molecular weight is 271 g/mol. The summed E-state index contributed by atoms with van der Waals surface area (Å²) in [6, 6.07) is 14.7. The highest BCUT2D eigenvalue weighted by molar-refractivity contribution is 6.30. The minimum Gasteiger partial charge on any atom is -0.454 e. The summed E-state index contributed by atoms with van der Waals surface area (Å²) in [4.78, 5) is 4.29. The molecular weight excluding hydrogens is 260 g/mol. The second-order valence-electron chi connectivity index (χ2n) is 4.11. The fraction of sp³-hybridized carbons (Fsp3) is 0. The summed E-state index contributed by atoms with van der Waals surface area (Å²) in [7, 11) is 0. The van der Waals surface area contributed by atoms with E-state index in [0.717, 1.165) is 10.9 Å². The zero-order valence-electron chi connectivity index (χ0n) is 10.0. The number of hydrogen-bond donors (Lipinski definition) is 1. The SMILES string of the molecule is Nc1ccc(Cl)cc1Oc1cccc2ncccc12. The van der Waals surface area contributed by atoms with Crippen molar-refractivity contribution in [2.24, 2.45) is 0 Å². The lowest BCUT2D eigenvalue weighted by Gasteiger charge is -2.10. The van der Waals surface area contributed by atoms with Crippen LogP contribution in [0.1, 0.15) is 0 Å². The third kappa shape index (κ3) is 2.33. The number of pyridine rings is 1. The Morgan fingerprint density at radius 2 is 1.89 bits per heavy atom. The van der Waals surface area contributed by atoms with Crippen molar-refractivity contribution in [3.63, 3.8) is 0 Å². The first-order valence-electron chi connectivity index (χ1n) is 5.81. The molecule has 3 nitrogen and oxygen atoms in total. The summed E-state index contributed by atoms with van der Waals surface area (Å²) in [5, 5.41) is 1.52. The van der Waals surface area contributed by atoms with E-state index in [0.29, 0.717) is 22.2 Å². The summed E-state index contributed by atoms with van der Waals surface area (Å²) >= 11 is 5.95. The lowest BCUT2D eigenvalue weighted by molar-refractivity contribution is 0.491. The van der Waals surface area contributed by atoms with Crippen LogP contribution in [0.3, 0.4) is 0 Å². The fourth-order valence-electron chi connectivity index (χ4n) is 1.88. The molecule has 0 radical (unpaired) electrons. The molecule has 0 fully saturated rings. The summed E-state index contributed by atoms with van der Waals surface area (Å²) in [6.45, 7) is 0. The number of fused-ring (bicyclic) bond motifs is 1. The van der Waals surface area contributed by atoms with E-state index in [2.05, 4.69) is 4.98 Å². The fourth-order valence-corrected chi connectivity index (χ4v) is 2.04. The molecule has 0 aliphatic heterocycles. The van der Waals surface area contributed by atoms with Crippen molar-refractivity contribution < 1.29 is 4.74 Å². The number of hydrogen-bond acceptors (Lipinski definition) is 3. The van der Waals surface area contributed by atoms with E-state index in [1.165, 1.54) is 0 Å². The van der Waals surface area contributed by atoms with Crippen LogP contribution < -0.4 is 10.5 Å². The molecule has 3 aromatic rings. The largest absolute Gasteiger partial charge is 0.454 e. The first-order valence-corrected chi connectivity index (χ1v) is 6.18. The molecule has 0 unspecified atom stereocenters. The highest BCUT2D eigenvalue weighted by atomic mass is 35.5. The number of nitrogens with zero attached hydrogens (tertiary/aromatic N) is 1. The van der Waals surface area contributed by atoms with E-state index < -0.39 is 0 Å². The van der Waals surface area contributed by atoms with Crippen LogP contribution in [0, 0.1) is 0 Å². The molecule has 0 atom stereocenters. The van der Waals surface area contributed by atoms with Gasteiger partial charge in [-0.25, -0.2) is 0 Å². The highest BCUT2D eigenvalue weighted by Gasteiger charge is 2.06. The molecule has 3 rings (SSSR count). The molecular formula is C15H11ClN2O. The minimum atomic E-state index is 0.545. The summed E-state index contributed by atoms with van der Waals surface area (Å²) in [6.07, 6.45) is 1.75. The zero-order valence-corrected chi connectivity index (χ0v) is 10.8. The van der Waals surface area contributed by atoms with Crippen LogP contribution in [0.25, 0.3) is 10.9 Å². The van der Waals surface area contributed by atoms with E-state index in [1.807, 2.05) is 30.3 Å². The van der Waals surface area contributed by atoms with Gasteiger partial charge in [-0.05, 0) is 36.4 Å². The zero-order chi connectivity index (χ0) is 13.2. The van der Waals surface area contributed by atoms with Crippen LogP contribution in [0.15, 0.2) is 54.7 Å². The maximum atomic E-state index is 5.95. The van der Waals surface area contributed by atoms with Gasteiger partial charge in [-0.2, -0.15) is 0 Å². The van der Waals surface area contributed by atoms with Crippen molar-refractivity contribution in [1.82, 2.24) is 4.98 Å². The Bertz CT molecular complexity index is 738. The molecule has 1 heterocycles. The van der Waals surface area contributed by atoms with Gasteiger partial charge in [0.15, 0.2) is 5.75 Å². The molecule has 94 valence electrons. The maximum absolute atomic E-state index is 5.95. The molecule has 0 bridgehead atoms. The molecule has 0 amide bonds. The average Bonchev–Trinajstić information content (AvgIpc) is 2.43. The standard InChI is InChI=1S/C15H11ClN2O/c16-10-6-7-12(17)15(9-10)19-14-5-1-4-13-11(14)3-2-8-18-13/h1-9H,17H2. The minimum absolute atomic E-state index is 0.545. The lowest BCUT2D eigenvalue weighted by atomic mass is 10.2. The van der Waals surface area contributed by atoms with E-state index >= 15 is 0 Å². The Morgan fingerprint density at radius 3 is 2.79 bits per heavy atom. The third-order valence-corrected chi connectivity index (χ3v) is 3.04. The highest BCUT2D eigenvalue weighted by Crippen LogP contribution is 2.33. The van der Waals surface area contributed by atoms with Gasteiger partial charge in [0.1, 0.15) is 5.75 Å². The number of rotatable bonds is 2. The summed E-state index contributed by atoms with van der Waals surface area (Å²) < 4.78 is 5.85. The van der Waals surface area contributed by atoms with Crippen molar-refractivity contribution in [3.8, 4) is 11.5 Å². The molecule has 0 saturated carbocycles. The van der Waals surface area contributed by atoms with Crippen LogP contribution in [0.4, 0.5) is 5.69 Å². The maximum Gasteiger partial charge on any atom is 0.151 e. The molecule has 0 aliphatic rings. The number of halogens is 1. The Balaban J connectivity index is 2.08. The molecule has 19 heavy (non-hydrogen) atoms. The number of ether oxygens (including phenoxy) is 1. The molecule has 2 aromatic carbocycles. The summed E-state index contributed by atoms with van der Waals surface area (Å²) in [5.74, 6) is 1.25. The number of anilines is 1. The van der Waals surface area contributed by atoms with Gasteiger partial charge in [-0.3, -0.25) is 4.98 Å². The Morgan fingerprint density at radius 1 is 1.00 bits per heavy atom. The molecule has 0 spiro atoms. The molecule has 0 saturated heterocycles. The molecule has 0 aliphatic carbocycles. The Kier molecular flexibility index (Phi) is 2.97. The van der Waals surface area contributed by atoms with Crippen molar-refractivity contribution >= 4 is 28.2 Å². The third-order valence-electron chi connectivity index (χ3n) is 2.80. The van der Waals surface area contributed by atoms with Gasteiger partial charge >= 0.3 is 0 Å². The van der Waals surface area contributed by atoms with Crippen LogP contribution in [-0.4, -0.2) is 4.98 Å². The predicted octanol–water partition coefficient (Wildman–Crippen LogP) is 4.26.